The highest BCUT2D eigenvalue weighted by atomic mass is 16.5. The topological polar surface area (TPSA) is 107 Å². The molecule has 0 bridgehead atoms. The minimum absolute atomic E-state index is 0.113. The number of ether oxygens (including phenoxy) is 1. The van der Waals surface area contributed by atoms with Gasteiger partial charge in [-0.2, -0.15) is 0 Å². The van der Waals surface area contributed by atoms with Gasteiger partial charge in [-0.15, -0.1) is 0 Å². The zero-order valence-electron chi connectivity index (χ0n) is 27.9. The first-order valence-corrected chi connectivity index (χ1v) is 17.5. The molecule has 0 radical (unpaired) electrons. The van der Waals surface area contributed by atoms with Crippen LogP contribution in [0.4, 0.5) is 0 Å². The summed E-state index contributed by atoms with van der Waals surface area (Å²) in [6.45, 7) is 16.7. The largest absolute Gasteiger partial charge is 0.481 e. The van der Waals surface area contributed by atoms with E-state index in [2.05, 4.69) is 48.5 Å². The van der Waals surface area contributed by atoms with Crippen LogP contribution >= 0.6 is 0 Å². The molecule has 0 aliphatic heterocycles. The van der Waals surface area contributed by atoms with Gasteiger partial charge >= 0.3 is 11.9 Å². The molecule has 3 N–H and O–H groups in total. The summed E-state index contributed by atoms with van der Waals surface area (Å²) in [5.74, 6) is 0.247. The van der Waals surface area contributed by atoms with Crippen molar-refractivity contribution in [2.45, 2.75) is 144 Å². The summed E-state index contributed by atoms with van der Waals surface area (Å²) in [7, 11) is 0. The average Bonchev–Trinajstić information content (AvgIpc) is 3.21. The van der Waals surface area contributed by atoms with Crippen molar-refractivity contribution in [1.82, 2.24) is 0 Å². The standard InChI is InChI=1S/C37H57NO5/c1-21(2)29-25(39)20-37(38)18-17-35(6)24(30(29)37)11-12-27-34(5)15-14-28(33(3,4)26(34)13-16-36(27,35)7)43-32(42)23-10-8-9-22(19-23)31(40)41/h21-24,26-28H,8-20,38H2,1-7H3,(H,40,41)/t22-,23+,24?,26?,27?,28+,34+,35-,36-,37-/m1/s1. The molecule has 6 aliphatic carbocycles. The van der Waals surface area contributed by atoms with E-state index in [9.17, 15) is 19.5 Å². The molecular formula is C37H57NO5. The Hall–Kier alpha value is -1.69. The molecule has 10 atom stereocenters. The molecule has 0 saturated heterocycles. The first-order chi connectivity index (χ1) is 20.0. The van der Waals surface area contributed by atoms with Crippen LogP contribution < -0.4 is 5.73 Å². The van der Waals surface area contributed by atoms with Gasteiger partial charge in [-0.25, -0.2) is 0 Å². The van der Waals surface area contributed by atoms with Gasteiger partial charge in [0.1, 0.15) is 6.10 Å². The van der Waals surface area contributed by atoms with Crippen molar-refractivity contribution in [3.63, 3.8) is 0 Å². The quantitative estimate of drug-likeness (QED) is 0.326. The predicted octanol–water partition coefficient (Wildman–Crippen LogP) is 7.48. The second kappa shape index (κ2) is 10.2. The predicted molar refractivity (Wildman–Crippen MR) is 167 cm³/mol. The summed E-state index contributed by atoms with van der Waals surface area (Å²) >= 11 is 0. The van der Waals surface area contributed by atoms with Crippen LogP contribution in [0.1, 0.15) is 132 Å². The maximum absolute atomic E-state index is 13.4. The third-order valence-corrected chi connectivity index (χ3v) is 15.0. The Labute approximate surface area is 259 Å². The van der Waals surface area contributed by atoms with E-state index in [1.165, 1.54) is 12.0 Å². The number of ketones is 1. The van der Waals surface area contributed by atoms with Crippen molar-refractivity contribution in [1.29, 1.82) is 0 Å². The molecule has 5 fully saturated rings. The maximum atomic E-state index is 13.4. The van der Waals surface area contributed by atoms with Crippen LogP contribution in [0.15, 0.2) is 11.1 Å². The Morgan fingerprint density at radius 1 is 0.860 bits per heavy atom. The third kappa shape index (κ3) is 4.37. The summed E-state index contributed by atoms with van der Waals surface area (Å²) in [5, 5.41) is 9.54. The molecule has 0 aromatic rings. The molecule has 43 heavy (non-hydrogen) atoms. The number of carboxylic acid groups (broad SMARTS) is 1. The number of carbonyl (C=O) groups excluding carboxylic acids is 2. The van der Waals surface area contributed by atoms with Crippen molar-refractivity contribution in [3.05, 3.63) is 11.1 Å². The number of allylic oxidation sites excluding steroid dienone is 1. The van der Waals surface area contributed by atoms with Crippen LogP contribution in [0.5, 0.6) is 0 Å². The molecular weight excluding hydrogens is 538 g/mol. The lowest BCUT2D eigenvalue weighted by Crippen LogP contribution is -2.66. The van der Waals surface area contributed by atoms with Gasteiger partial charge in [0.2, 0.25) is 0 Å². The van der Waals surface area contributed by atoms with Gasteiger partial charge in [0.15, 0.2) is 5.78 Å². The lowest BCUT2D eigenvalue weighted by Gasteiger charge is -2.72. The SMILES string of the molecule is CC(C)C1=C2C3CCC4[C@@]5(C)CC[C@H](OC(=O)[C@H]6CCC[C@@H](C(=O)O)C6)C(C)(C)C5CC[C@@]4(C)[C@]3(C)CC[C@@]2(N)CC1=O. The van der Waals surface area contributed by atoms with Crippen LogP contribution in [0, 0.1) is 57.2 Å². The van der Waals surface area contributed by atoms with Crippen molar-refractivity contribution in [3.8, 4) is 0 Å². The van der Waals surface area contributed by atoms with Gasteiger partial charge in [0.25, 0.3) is 0 Å². The van der Waals surface area contributed by atoms with E-state index < -0.39 is 17.4 Å². The van der Waals surface area contributed by atoms with Crippen LogP contribution in [0.3, 0.4) is 0 Å². The number of carbonyl (C=O) groups is 3. The Bertz CT molecular complexity index is 1240. The number of hydrogen-bond acceptors (Lipinski definition) is 5. The first kappa shape index (κ1) is 31.3. The molecule has 6 rings (SSSR count). The highest BCUT2D eigenvalue weighted by Gasteiger charge is 2.69. The monoisotopic (exact) mass is 595 g/mol. The summed E-state index contributed by atoms with van der Waals surface area (Å²) in [4.78, 5) is 38.3. The molecule has 6 nitrogen and oxygen atoms in total. The number of rotatable bonds is 4. The van der Waals surface area contributed by atoms with Crippen LogP contribution in [0.25, 0.3) is 0 Å². The zero-order chi connectivity index (χ0) is 31.3. The number of aliphatic carboxylic acids is 1. The van der Waals surface area contributed by atoms with Crippen molar-refractivity contribution in [2.75, 3.05) is 0 Å². The average molecular weight is 596 g/mol. The molecule has 0 amide bonds. The van der Waals surface area contributed by atoms with E-state index in [0.717, 1.165) is 63.4 Å². The van der Waals surface area contributed by atoms with Crippen LogP contribution in [0.2, 0.25) is 0 Å². The second-order valence-corrected chi connectivity index (χ2v) is 17.5. The van der Waals surface area contributed by atoms with E-state index >= 15 is 0 Å². The first-order valence-electron chi connectivity index (χ1n) is 17.5. The van der Waals surface area contributed by atoms with E-state index in [0.29, 0.717) is 42.8 Å². The lowest BCUT2D eigenvalue weighted by atomic mass is 9.33. The van der Waals surface area contributed by atoms with Crippen molar-refractivity contribution in [2.24, 2.45) is 62.9 Å². The normalized spacial score (nSPS) is 47.3. The van der Waals surface area contributed by atoms with Gasteiger partial charge in [0, 0.05) is 17.4 Å². The van der Waals surface area contributed by atoms with Crippen molar-refractivity contribution < 1.29 is 24.2 Å². The van der Waals surface area contributed by atoms with Crippen molar-refractivity contribution >= 4 is 17.7 Å². The number of Topliss-reactive ketones (excluding diaryl/α,β-unsaturated/α-hetero) is 1. The van der Waals surface area contributed by atoms with E-state index in [-0.39, 0.29) is 45.6 Å². The molecule has 0 aromatic carbocycles. The molecule has 0 spiro atoms. The van der Waals surface area contributed by atoms with E-state index in [4.69, 9.17) is 10.5 Å². The fourth-order valence-electron chi connectivity index (χ4n) is 12.7. The highest BCUT2D eigenvalue weighted by molar-refractivity contribution is 6.01. The zero-order valence-corrected chi connectivity index (χ0v) is 27.9. The fraction of sp³-hybridized carbons (Fsp3) is 0.865. The Morgan fingerprint density at radius 3 is 2.23 bits per heavy atom. The van der Waals surface area contributed by atoms with Gasteiger partial charge in [-0.3, -0.25) is 14.4 Å². The molecule has 6 heteroatoms. The van der Waals surface area contributed by atoms with Crippen LogP contribution in [-0.2, 0) is 19.1 Å². The third-order valence-electron chi connectivity index (χ3n) is 15.0. The molecule has 240 valence electrons. The highest BCUT2D eigenvalue weighted by Crippen LogP contribution is 2.75. The molecule has 0 aromatic heterocycles. The number of fused-ring (bicyclic) bond motifs is 7. The minimum atomic E-state index is -0.786. The van der Waals surface area contributed by atoms with E-state index in [1.54, 1.807) is 0 Å². The maximum Gasteiger partial charge on any atom is 0.309 e. The van der Waals surface area contributed by atoms with E-state index in [1.807, 2.05) is 0 Å². The fourth-order valence-corrected chi connectivity index (χ4v) is 12.7. The summed E-state index contributed by atoms with van der Waals surface area (Å²) in [6.07, 6.45) is 11.4. The molecule has 6 aliphatic rings. The Kier molecular flexibility index (Phi) is 7.39. The second-order valence-electron chi connectivity index (χ2n) is 17.5. The molecule has 0 heterocycles. The minimum Gasteiger partial charge on any atom is -0.481 e. The smallest absolute Gasteiger partial charge is 0.309 e. The van der Waals surface area contributed by atoms with Crippen LogP contribution in [-0.4, -0.2) is 34.5 Å². The Balaban J connectivity index is 1.25. The summed E-state index contributed by atoms with van der Waals surface area (Å²) in [6, 6.07) is 0. The molecule has 3 unspecified atom stereocenters. The number of carboxylic acids is 1. The summed E-state index contributed by atoms with van der Waals surface area (Å²) in [5.41, 5.74) is 9.33. The number of hydrogen-bond donors (Lipinski definition) is 2. The van der Waals surface area contributed by atoms with Gasteiger partial charge in [0.05, 0.1) is 11.8 Å². The summed E-state index contributed by atoms with van der Waals surface area (Å²) < 4.78 is 6.35. The number of nitrogens with two attached hydrogens (primary N) is 1. The Morgan fingerprint density at radius 2 is 1.56 bits per heavy atom. The van der Waals surface area contributed by atoms with Gasteiger partial charge in [-0.05, 0) is 122 Å². The van der Waals surface area contributed by atoms with Gasteiger partial charge < -0.3 is 15.6 Å². The molecule has 5 saturated carbocycles. The van der Waals surface area contributed by atoms with Gasteiger partial charge in [-0.1, -0.05) is 54.9 Å². The lowest BCUT2D eigenvalue weighted by molar-refractivity contribution is -0.232. The number of esters is 1.